The Morgan fingerprint density at radius 1 is 0.543 bits per heavy atom. The van der Waals surface area contributed by atoms with Crippen molar-refractivity contribution in [3.05, 3.63) is 27.7 Å². The van der Waals surface area contributed by atoms with Gasteiger partial charge in [-0.15, -0.1) is 6.54 Å². The molecule has 0 amide bonds. The first-order chi connectivity index (χ1) is 52.1. The Balaban J connectivity index is 0. The molecule has 4 saturated heterocycles. The molecule has 4 fully saturated rings. The van der Waals surface area contributed by atoms with E-state index < -0.39 is 179 Å². The minimum absolute atomic E-state index is 0. The fourth-order valence-corrected chi connectivity index (χ4v) is 16.4. The Hall–Kier alpha value is 0.148. The van der Waals surface area contributed by atoms with Crippen LogP contribution in [0.25, 0.3) is 0 Å². The second kappa shape index (κ2) is 51.8. The fourth-order valence-electron chi connectivity index (χ4n) is 16.4. The number of nitrogens with zero attached hydrogens (tertiary/aromatic N) is 4. The summed E-state index contributed by atoms with van der Waals surface area (Å²) in [5, 5.41) is 113. The van der Waals surface area contributed by atoms with E-state index in [1.54, 1.807) is 83.1 Å². The first-order valence-corrected chi connectivity index (χ1v) is 41.6. The van der Waals surface area contributed by atoms with E-state index >= 15 is 0 Å². The topological polar surface area (TPSA) is 386 Å². The summed E-state index contributed by atoms with van der Waals surface area (Å²) in [6.45, 7) is 57.3. The van der Waals surface area contributed by atoms with Crippen LogP contribution in [0.3, 0.4) is 0 Å². The van der Waals surface area contributed by atoms with Crippen molar-refractivity contribution in [3.63, 3.8) is 0 Å². The van der Waals surface area contributed by atoms with Gasteiger partial charge in [-0.2, -0.15) is 6.42 Å². The van der Waals surface area contributed by atoms with Crippen molar-refractivity contribution in [1.29, 1.82) is 0 Å². The van der Waals surface area contributed by atoms with E-state index in [1.165, 1.54) is 14.2 Å². The van der Waals surface area contributed by atoms with E-state index in [0.29, 0.717) is 45.3 Å². The summed E-state index contributed by atoms with van der Waals surface area (Å²) < 4.78 is 74.3. The maximum absolute atomic E-state index is 13.6. The standard InChI is InChI=1S/2C40H77N2O12.C3H7.C2H6N.2Y/c2*1-17-18-50-35(45)26(5)32(53-30-21-39(11,49-16)40(12,48)28(7)52-30)25(4)34(54-36-31(43)29(41(13)14)19-24(3)51-36)38(10,47)20-23(2)22-42(15)27(6)33(44)37(8,9)46;1-3-2;1-2-3;;/h2*23-34,36,43-44,46-48H,12,17-22H2,1-11,13-16H3;1,3H2,2H3;1-3H2;;/q4*-1;;/t2*23?,24?,25?,26?,27?,28?,29?,30?,31?,32?,33?,34?,36?,38?,39?,40-;;;;/m11..../s1. The second-order valence-corrected chi connectivity index (χ2v) is 36.3. The number of methoxy groups -OCH3 is 2. The summed E-state index contributed by atoms with van der Waals surface area (Å²) in [6, 6.07) is -1.34. The predicted molar refractivity (Wildman–Crippen MR) is 441 cm³/mol. The molecule has 0 aromatic rings. The zero-order chi connectivity index (χ0) is 88.9. The second-order valence-electron chi connectivity index (χ2n) is 36.3. The van der Waals surface area contributed by atoms with Crippen LogP contribution in [0.15, 0.2) is 0 Å². The van der Waals surface area contributed by atoms with Crippen molar-refractivity contribution < 1.29 is 183 Å². The van der Waals surface area contributed by atoms with Gasteiger partial charge in [0.05, 0.1) is 120 Å². The van der Waals surface area contributed by atoms with Gasteiger partial charge in [0.1, 0.15) is 12.2 Å². The van der Waals surface area contributed by atoms with Crippen molar-refractivity contribution >= 4 is 11.9 Å². The van der Waals surface area contributed by atoms with Crippen LogP contribution < -0.4 is 5.73 Å². The Morgan fingerprint density at radius 2 is 0.819 bits per heavy atom. The summed E-state index contributed by atoms with van der Waals surface area (Å²) in [4.78, 5) is 34.9. The van der Waals surface area contributed by atoms with Gasteiger partial charge in [0, 0.05) is 142 Å². The normalized spacial score (nSPS) is 32.7. The third kappa shape index (κ3) is 33.7. The molecule has 31 heteroatoms. The molecular formula is C85H167N5O24Y2-4. The number of rotatable bonds is 40. The maximum atomic E-state index is 13.6. The zero-order valence-corrected chi connectivity index (χ0v) is 83.1. The number of aliphatic hydroxyl groups is 10. The van der Waals surface area contributed by atoms with Crippen LogP contribution in [0.2, 0.25) is 0 Å². The predicted octanol–water partition coefficient (Wildman–Crippen LogP) is 6.49. The summed E-state index contributed by atoms with van der Waals surface area (Å²) in [5.41, 5.74) is -6.57. The molecule has 0 spiro atoms. The van der Waals surface area contributed by atoms with Crippen molar-refractivity contribution in [3.8, 4) is 0 Å². The number of hydrogen-bond acceptors (Lipinski definition) is 29. The first kappa shape index (κ1) is 118. The molecule has 0 bridgehead atoms. The van der Waals surface area contributed by atoms with Crippen LogP contribution in [0.4, 0.5) is 0 Å². The van der Waals surface area contributed by atoms with Crippen LogP contribution in [0, 0.1) is 63.2 Å². The summed E-state index contributed by atoms with van der Waals surface area (Å²) in [7, 11) is 14.2. The van der Waals surface area contributed by atoms with Crippen molar-refractivity contribution in [2.75, 3.05) is 89.4 Å². The molecule has 30 unspecified atom stereocenters. The first-order valence-electron chi connectivity index (χ1n) is 41.6. The fraction of sp³-hybridized carbons (Fsp3) is 0.929. The molecule has 4 aliphatic rings. The van der Waals surface area contributed by atoms with E-state index in [9.17, 15) is 60.7 Å². The van der Waals surface area contributed by atoms with Crippen LogP contribution in [-0.4, -0.2) is 339 Å². The minimum Gasteiger partial charge on any atom is -0.465 e. The van der Waals surface area contributed by atoms with Gasteiger partial charge in [0.25, 0.3) is 0 Å². The van der Waals surface area contributed by atoms with Gasteiger partial charge in [0.2, 0.25) is 0 Å². The zero-order valence-electron chi connectivity index (χ0n) is 77.4. The molecule has 4 aliphatic heterocycles. The molecule has 686 valence electrons. The van der Waals surface area contributed by atoms with Crippen molar-refractivity contribution in [2.24, 2.45) is 41.2 Å². The molecule has 4 heterocycles. The Kier molecular flexibility index (Phi) is 52.8. The quantitative estimate of drug-likeness (QED) is 0.0231. The minimum atomic E-state index is -1.60. The largest absolute Gasteiger partial charge is 0.465 e. The number of esters is 2. The van der Waals surface area contributed by atoms with Gasteiger partial charge in [-0.25, -0.2) is 0 Å². The number of hydrogen-bond donors (Lipinski definition) is 11. The van der Waals surface area contributed by atoms with Gasteiger partial charge >= 0.3 is 11.9 Å². The van der Waals surface area contributed by atoms with Gasteiger partial charge in [-0.05, 0) is 215 Å². The average molecular weight is 1820 g/mol. The Bertz CT molecular complexity index is 2530. The molecule has 2 radical (unpaired) electrons. The van der Waals surface area contributed by atoms with Gasteiger partial charge < -0.3 is 161 Å². The summed E-state index contributed by atoms with van der Waals surface area (Å²) in [6.07, 6.45) is -10.5. The molecule has 0 saturated carbocycles. The Labute approximate surface area is 751 Å². The van der Waals surface area contributed by atoms with Gasteiger partial charge in [-0.1, -0.05) is 48.5 Å². The third-order valence-electron chi connectivity index (χ3n) is 24.0. The monoisotopic (exact) mass is 1820 g/mol. The van der Waals surface area contributed by atoms with Crippen LogP contribution in [0.1, 0.15) is 217 Å². The van der Waals surface area contributed by atoms with E-state index in [4.69, 9.17) is 62.6 Å². The van der Waals surface area contributed by atoms with Gasteiger partial charge in [0.15, 0.2) is 25.2 Å². The summed E-state index contributed by atoms with van der Waals surface area (Å²) >= 11 is 0. The average Bonchev–Trinajstić information content (AvgIpc) is 0.758. The molecule has 32 atom stereocenters. The number of ether oxygens (including phenoxy) is 12. The van der Waals surface area contributed by atoms with E-state index in [-0.39, 0.29) is 140 Å². The number of carbonyl (C=O) groups excluding carboxylic acids is 2. The number of nitrogens with two attached hydrogens (primary N) is 1. The van der Waals surface area contributed by atoms with E-state index in [0.717, 1.165) is 6.42 Å². The third-order valence-corrected chi connectivity index (χ3v) is 24.0. The molecule has 0 aromatic carbocycles. The van der Waals surface area contributed by atoms with E-state index in [1.807, 2.05) is 138 Å². The van der Waals surface area contributed by atoms with E-state index in [2.05, 4.69) is 27.7 Å². The molecule has 4 rings (SSSR count). The Morgan fingerprint density at radius 3 is 1.06 bits per heavy atom. The SMILES string of the molecule is [CH2-]CC.[CH2-]CN.[CH2-][C@@]1(O)C(C)OC(OC(C(C)C(=O)OCCC)C(C)C(OC2OC(C)CC(N(C)C)C2O)C(C)(O)CC(C)CN(C)C(C)C(O)C(C)(C)O)CC1(C)OC.[CH2-][C@@]1(O)C(C)OC(OC(C(C)C(=O)OCCC)C(C)C(OC2OC(C)CC(N(C)C)C2O)C(C)(O)CC(C)CN(C)C(C)C(O)C(C)(C)O)CC1(C)OC.[Y].[Y]. The van der Waals surface area contributed by atoms with Gasteiger partial charge in [-0.3, -0.25) is 9.59 Å². The summed E-state index contributed by atoms with van der Waals surface area (Å²) in [5.74, 6) is -4.49. The smallest absolute Gasteiger partial charge is 0.311 e. The number of aliphatic hydroxyl groups excluding tert-OH is 4. The van der Waals surface area contributed by atoms with Crippen LogP contribution in [0.5, 0.6) is 0 Å². The van der Waals surface area contributed by atoms with Crippen LogP contribution in [-0.2, 0) is 132 Å². The molecule has 12 N–H and O–H groups in total. The molecule has 0 aliphatic carbocycles. The molecule has 29 nitrogen and oxygen atoms in total. The maximum Gasteiger partial charge on any atom is 0.311 e. The molecule has 116 heavy (non-hydrogen) atoms. The van der Waals surface area contributed by atoms with Crippen LogP contribution >= 0.6 is 0 Å². The molecule has 0 aromatic heterocycles. The van der Waals surface area contributed by atoms with Crippen molar-refractivity contribution in [2.45, 2.75) is 384 Å². The number of likely N-dealkylation sites (N-methyl/N-ethyl adjacent to an activating group) is 4. The van der Waals surface area contributed by atoms with Crippen molar-refractivity contribution in [1.82, 2.24) is 19.6 Å². The number of carbonyl (C=O) groups is 2. The molecular weight excluding hydrogens is 1650 g/mol.